The summed E-state index contributed by atoms with van der Waals surface area (Å²) in [6.07, 6.45) is -5.92. The molecule has 0 amide bonds. The van der Waals surface area contributed by atoms with Crippen LogP contribution in [0.2, 0.25) is 0 Å². The molecule has 1 saturated heterocycles. The van der Waals surface area contributed by atoms with Crippen molar-refractivity contribution >= 4 is 11.4 Å². The van der Waals surface area contributed by atoms with Gasteiger partial charge in [-0.3, -0.25) is 4.79 Å². The van der Waals surface area contributed by atoms with E-state index in [0.717, 1.165) is 0 Å². The van der Waals surface area contributed by atoms with Gasteiger partial charge < -0.3 is 40.5 Å². The van der Waals surface area contributed by atoms with Crippen LogP contribution in [0.15, 0.2) is 46.8 Å². The van der Waals surface area contributed by atoms with Crippen molar-refractivity contribution in [1.29, 1.82) is 0 Å². The number of Topliss-reactive ketones (excluding diaryl/α,β-unsaturated/α-hetero) is 1. The Morgan fingerprint density at radius 1 is 1.03 bits per heavy atom. The Hall–Kier alpha value is -2.53. The minimum Gasteiger partial charge on any atom is -0.511 e. The molecule has 30 heavy (non-hydrogen) atoms. The molecule has 7 N–H and O–H groups in total. The van der Waals surface area contributed by atoms with E-state index in [4.69, 9.17) is 4.74 Å². The van der Waals surface area contributed by atoms with Gasteiger partial charge >= 0.3 is 0 Å². The molecule has 3 aliphatic rings. The highest BCUT2D eigenvalue weighted by Crippen LogP contribution is 2.46. The Morgan fingerprint density at radius 3 is 2.43 bits per heavy atom. The van der Waals surface area contributed by atoms with Crippen LogP contribution in [-0.2, 0) is 4.74 Å². The minimum atomic E-state index is -1.65. The van der Waals surface area contributed by atoms with Gasteiger partial charge in [-0.1, -0.05) is 18.2 Å². The summed E-state index contributed by atoms with van der Waals surface area (Å²) in [5.74, 6) is -1.27. The van der Waals surface area contributed by atoms with Gasteiger partial charge in [-0.15, -0.1) is 0 Å². The first kappa shape index (κ1) is 20.7. The first-order valence-corrected chi connectivity index (χ1v) is 9.44. The van der Waals surface area contributed by atoms with Gasteiger partial charge in [0.15, 0.2) is 0 Å². The van der Waals surface area contributed by atoms with Gasteiger partial charge in [0.25, 0.3) is 0 Å². The first-order chi connectivity index (χ1) is 14.3. The van der Waals surface area contributed by atoms with Gasteiger partial charge in [-0.2, -0.15) is 0 Å². The van der Waals surface area contributed by atoms with Crippen molar-refractivity contribution < 1.29 is 45.3 Å². The molecular weight excluding hydrogens is 396 g/mol. The van der Waals surface area contributed by atoms with E-state index in [1.54, 1.807) is 0 Å². The van der Waals surface area contributed by atoms with Crippen LogP contribution in [0.3, 0.4) is 0 Å². The summed E-state index contributed by atoms with van der Waals surface area (Å²) in [6, 6.07) is 4.31. The molecule has 1 aromatic carbocycles. The first-order valence-electron chi connectivity index (χ1n) is 9.44. The predicted molar refractivity (Wildman–Crippen MR) is 103 cm³/mol. The number of aromatic hydroxyl groups is 1. The number of phenols is 1. The zero-order chi connectivity index (χ0) is 21.7. The third-order valence-corrected chi connectivity index (χ3v) is 5.76. The van der Waals surface area contributed by atoms with Crippen LogP contribution in [0.25, 0.3) is 5.57 Å². The van der Waals surface area contributed by atoms with E-state index in [0.29, 0.717) is 5.57 Å². The smallest absolute Gasteiger partial charge is 0.201 e. The average Bonchev–Trinajstić information content (AvgIpc) is 2.73. The molecule has 9 heteroatoms. The molecule has 0 aromatic heterocycles. The van der Waals surface area contributed by atoms with E-state index in [1.165, 1.54) is 24.3 Å². The quantitative estimate of drug-likeness (QED) is 0.336. The summed E-state index contributed by atoms with van der Waals surface area (Å²) in [4.78, 5) is 13.1. The SMILES string of the molecule is O=C1C2=C(O)CC(CO)=CC2=C([C@@H]2O[C@H](CO)[C@@H](O)[C@H](O)[C@H]2O)c2cccc(O)c21. The van der Waals surface area contributed by atoms with Crippen molar-refractivity contribution in [3.8, 4) is 5.75 Å². The van der Waals surface area contributed by atoms with Crippen molar-refractivity contribution in [1.82, 2.24) is 0 Å². The maximum absolute atomic E-state index is 13.1. The van der Waals surface area contributed by atoms with Crippen LogP contribution in [-0.4, -0.2) is 85.3 Å². The molecule has 160 valence electrons. The average molecular weight is 418 g/mol. The summed E-state index contributed by atoms with van der Waals surface area (Å²) in [7, 11) is 0. The van der Waals surface area contributed by atoms with E-state index in [-0.39, 0.29) is 52.4 Å². The number of hydrogen-bond acceptors (Lipinski definition) is 9. The van der Waals surface area contributed by atoms with Crippen molar-refractivity contribution in [2.45, 2.75) is 36.9 Å². The summed E-state index contributed by atoms with van der Waals surface area (Å²) in [5, 5.41) is 71.0. The number of rotatable bonds is 3. The second kappa shape index (κ2) is 7.62. The zero-order valence-corrected chi connectivity index (χ0v) is 15.8. The normalized spacial score (nSPS) is 31.4. The van der Waals surface area contributed by atoms with Gasteiger partial charge in [-0.25, -0.2) is 0 Å². The van der Waals surface area contributed by atoms with E-state index < -0.39 is 42.9 Å². The van der Waals surface area contributed by atoms with Crippen LogP contribution < -0.4 is 0 Å². The number of phenolic OH excluding ortho intramolecular Hbond substituents is 1. The lowest BCUT2D eigenvalue weighted by atomic mass is 9.73. The molecule has 1 aromatic rings. The summed E-state index contributed by atoms with van der Waals surface area (Å²) in [5.41, 5.74) is 0.777. The number of hydrogen-bond donors (Lipinski definition) is 7. The molecule has 9 nitrogen and oxygen atoms in total. The lowest BCUT2D eigenvalue weighted by Gasteiger charge is -2.43. The molecule has 0 unspecified atom stereocenters. The number of fused-ring (bicyclic) bond motifs is 2. The number of ether oxygens (including phenoxy) is 1. The maximum atomic E-state index is 13.1. The largest absolute Gasteiger partial charge is 0.511 e. The Balaban J connectivity index is 2.00. The molecule has 1 fully saturated rings. The van der Waals surface area contributed by atoms with E-state index in [1.807, 2.05) is 0 Å². The monoisotopic (exact) mass is 418 g/mol. The molecule has 0 spiro atoms. The van der Waals surface area contributed by atoms with Crippen LogP contribution in [0, 0.1) is 0 Å². The van der Waals surface area contributed by atoms with Gasteiger partial charge in [-0.05, 0) is 28.3 Å². The Bertz CT molecular complexity index is 988. The Labute approximate surface area is 171 Å². The van der Waals surface area contributed by atoms with E-state index >= 15 is 0 Å². The highest BCUT2D eigenvalue weighted by atomic mass is 16.5. The molecule has 0 saturated carbocycles. The van der Waals surface area contributed by atoms with Gasteiger partial charge in [0.1, 0.15) is 42.0 Å². The molecule has 0 radical (unpaired) electrons. The Kier molecular flexibility index (Phi) is 5.27. The highest BCUT2D eigenvalue weighted by Gasteiger charge is 2.48. The number of ketones is 1. The number of benzene rings is 1. The van der Waals surface area contributed by atoms with E-state index in [2.05, 4.69) is 0 Å². The predicted octanol–water partition coefficient (Wildman–Crippen LogP) is -0.681. The van der Waals surface area contributed by atoms with Crippen LogP contribution in [0.1, 0.15) is 22.3 Å². The van der Waals surface area contributed by atoms with Crippen LogP contribution >= 0.6 is 0 Å². The van der Waals surface area contributed by atoms with Crippen LogP contribution in [0.5, 0.6) is 5.75 Å². The van der Waals surface area contributed by atoms with E-state index in [9.17, 15) is 40.5 Å². The standard InChI is InChI=1S/C21H22O9/c22-6-8-4-10-14(21-20(29)19(28)17(26)13(7-23)30-21)9-2-1-3-11(24)15(9)18(27)16(10)12(25)5-8/h1-4,13,17,19-26,28-29H,5-7H2/t13-,17-,19+,20-,21+/m1/s1. The van der Waals surface area contributed by atoms with Crippen molar-refractivity contribution in [2.75, 3.05) is 13.2 Å². The van der Waals surface area contributed by atoms with Gasteiger partial charge in [0.05, 0.1) is 24.4 Å². The Morgan fingerprint density at radius 2 is 1.77 bits per heavy atom. The fourth-order valence-corrected chi connectivity index (χ4v) is 4.27. The van der Waals surface area contributed by atoms with Gasteiger partial charge in [0.2, 0.25) is 5.78 Å². The van der Waals surface area contributed by atoms with Crippen LogP contribution in [0.4, 0.5) is 0 Å². The summed E-state index contributed by atoms with van der Waals surface area (Å²) in [6.45, 7) is -1.02. The second-order valence-corrected chi connectivity index (χ2v) is 7.56. The number of aliphatic hydroxyl groups excluding tert-OH is 6. The number of carbonyl (C=O) groups is 1. The number of carbonyl (C=O) groups excluding carboxylic acids is 1. The fourth-order valence-electron chi connectivity index (χ4n) is 4.27. The minimum absolute atomic E-state index is 0.0635. The van der Waals surface area contributed by atoms with Crippen molar-refractivity contribution in [3.63, 3.8) is 0 Å². The van der Waals surface area contributed by atoms with Gasteiger partial charge in [0, 0.05) is 6.42 Å². The second-order valence-electron chi connectivity index (χ2n) is 7.56. The fraction of sp³-hybridized carbons (Fsp3) is 0.381. The molecule has 1 aliphatic heterocycles. The topological polar surface area (TPSA) is 168 Å². The summed E-state index contributed by atoms with van der Waals surface area (Å²) >= 11 is 0. The number of allylic oxidation sites excluding steroid dienone is 4. The zero-order valence-electron chi connectivity index (χ0n) is 15.8. The van der Waals surface area contributed by atoms with Crippen molar-refractivity contribution in [3.05, 3.63) is 57.9 Å². The van der Waals surface area contributed by atoms with Crippen molar-refractivity contribution in [2.24, 2.45) is 0 Å². The highest BCUT2D eigenvalue weighted by molar-refractivity contribution is 6.21. The summed E-state index contributed by atoms with van der Waals surface area (Å²) < 4.78 is 5.70. The molecule has 5 atom stereocenters. The maximum Gasteiger partial charge on any atom is 0.201 e. The molecule has 1 heterocycles. The third kappa shape index (κ3) is 2.99. The number of aliphatic hydroxyl groups is 6. The lowest BCUT2D eigenvalue weighted by Crippen LogP contribution is -2.59. The lowest BCUT2D eigenvalue weighted by molar-refractivity contribution is -0.214. The molecular formula is C21H22O9. The molecule has 0 bridgehead atoms. The third-order valence-electron chi connectivity index (χ3n) is 5.76. The molecule has 4 rings (SSSR count). The molecule has 2 aliphatic carbocycles.